The minimum Gasteiger partial charge on any atom is -0.359 e. The van der Waals surface area contributed by atoms with Gasteiger partial charge in [0.15, 0.2) is 0 Å². The van der Waals surface area contributed by atoms with Gasteiger partial charge in [-0.05, 0) is 12.8 Å². The molecule has 1 heterocycles. The van der Waals surface area contributed by atoms with Crippen LogP contribution in [0.1, 0.15) is 32.6 Å². The number of carbonyl (C=O) groups is 3. The maximum Gasteiger partial charge on any atom is 0.248 e. The number of nitrogens with zero attached hydrogens (tertiary/aromatic N) is 2. The van der Waals surface area contributed by atoms with Gasteiger partial charge < -0.3 is 15.1 Å². The third-order valence-electron chi connectivity index (χ3n) is 4.96. The number of amides is 3. The van der Waals surface area contributed by atoms with Crippen LogP contribution in [0.2, 0.25) is 0 Å². The molecule has 0 aromatic heterocycles. The summed E-state index contributed by atoms with van der Waals surface area (Å²) >= 11 is 0. The second-order valence-corrected chi connectivity index (χ2v) is 6.69. The number of halogens is 2. The first-order chi connectivity index (χ1) is 11.2. The summed E-state index contributed by atoms with van der Waals surface area (Å²) in [6, 6.07) is 0. The number of hydrogen-bond acceptors (Lipinski definition) is 3. The van der Waals surface area contributed by atoms with Crippen LogP contribution in [0.3, 0.4) is 0 Å². The third-order valence-corrected chi connectivity index (χ3v) is 4.96. The Bertz CT molecular complexity index is 503. The van der Waals surface area contributed by atoms with Crippen molar-refractivity contribution in [2.45, 2.75) is 38.5 Å². The van der Waals surface area contributed by atoms with Gasteiger partial charge in [0.1, 0.15) is 0 Å². The molecule has 1 saturated carbocycles. The van der Waals surface area contributed by atoms with Gasteiger partial charge in [0.25, 0.3) is 0 Å². The second kappa shape index (κ2) is 7.44. The molecule has 1 unspecified atom stereocenters. The molecule has 1 aliphatic heterocycles. The zero-order valence-electron chi connectivity index (χ0n) is 14.2. The average Bonchev–Trinajstić information content (AvgIpc) is 2.76. The molecule has 2 aliphatic rings. The zero-order chi connectivity index (χ0) is 17.9. The van der Waals surface area contributed by atoms with Gasteiger partial charge in [0, 0.05) is 58.9 Å². The van der Waals surface area contributed by atoms with Crippen molar-refractivity contribution >= 4 is 17.7 Å². The van der Waals surface area contributed by atoms with E-state index >= 15 is 0 Å². The van der Waals surface area contributed by atoms with Gasteiger partial charge in [0.05, 0.1) is 5.92 Å². The predicted molar refractivity (Wildman–Crippen MR) is 83.3 cm³/mol. The summed E-state index contributed by atoms with van der Waals surface area (Å²) < 4.78 is 26.6. The monoisotopic (exact) mass is 345 g/mol. The Balaban J connectivity index is 2.06. The highest BCUT2D eigenvalue weighted by Gasteiger charge is 2.40. The quantitative estimate of drug-likeness (QED) is 0.807. The molecule has 1 atom stereocenters. The van der Waals surface area contributed by atoms with Crippen LogP contribution in [0.15, 0.2) is 0 Å². The lowest BCUT2D eigenvalue weighted by molar-refractivity contribution is -0.140. The van der Waals surface area contributed by atoms with Crippen LogP contribution in [-0.2, 0) is 14.4 Å². The van der Waals surface area contributed by atoms with Gasteiger partial charge in [-0.2, -0.15) is 0 Å². The minimum absolute atomic E-state index is 0.143. The standard InChI is InChI=1S/C16H25F2N3O3/c1-11(22)20-7-8-21(10-13(9-20)14(23)19-2)15(24)12-3-5-16(17,18)6-4-12/h12-13H,3-10H2,1-2H3,(H,19,23). The van der Waals surface area contributed by atoms with Crippen LogP contribution in [0.25, 0.3) is 0 Å². The number of nitrogens with one attached hydrogen (secondary N) is 1. The second-order valence-electron chi connectivity index (χ2n) is 6.69. The molecule has 8 heteroatoms. The van der Waals surface area contributed by atoms with Crippen LogP contribution >= 0.6 is 0 Å². The molecule has 1 N–H and O–H groups in total. The fourth-order valence-corrected chi connectivity index (χ4v) is 3.42. The van der Waals surface area contributed by atoms with E-state index in [9.17, 15) is 23.2 Å². The summed E-state index contributed by atoms with van der Waals surface area (Å²) in [5.41, 5.74) is 0. The lowest BCUT2D eigenvalue weighted by Gasteiger charge is -2.32. The topological polar surface area (TPSA) is 69.7 Å². The molecule has 136 valence electrons. The molecule has 1 aliphatic carbocycles. The van der Waals surface area contributed by atoms with Crippen LogP contribution < -0.4 is 5.32 Å². The molecule has 2 rings (SSSR count). The predicted octanol–water partition coefficient (Wildman–Crippen LogP) is 0.865. The van der Waals surface area contributed by atoms with Gasteiger partial charge in [-0.25, -0.2) is 8.78 Å². The minimum atomic E-state index is -2.67. The molecule has 0 aromatic carbocycles. The van der Waals surface area contributed by atoms with Gasteiger partial charge >= 0.3 is 0 Å². The van der Waals surface area contributed by atoms with Crippen molar-refractivity contribution in [1.82, 2.24) is 15.1 Å². The number of alkyl halides is 2. The highest BCUT2D eigenvalue weighted by Crippen LogP contribution is 2.37. The van der Waals surface area contributed by atoms with Crippen LogP contribution in [0, 0.1) is 11.8 Å². The van der Waals surface area contributed by atoms with E-state index in [0.717, 1.165) is 0 Å². The van der Waals surface area contributed by atoms with Crippen molar-refractivity contribution in [1.29, 1.82) is 0 Å². The molecule has 6 nitrogen and oxygen atoms in total. The van der Waals surface area contributed by atoms with Gasteiger partial charge in [-0.1, -0.05) is 0 Å². The van der Waals surface area contributed by atoms with E-state index in [0.29, 0.717) is 13.1 Å². The maximum absolute atomic E-state index is 13.3. The largest absolute Gasteiger partial charge is 0.359 e. The fourth-order valence-electron chi connectivity index (χ4n) is 3.42. The zero-order valence-corrected chi connectivity index (χ0v) is 14.2. The van der Waals surface area contributed by atoms with Crippen molar-refractivity contribution < 1.29 is 23.2 Å². The summed E-state index contributed by atoms with van der Waals surface area (Å²) in [5.74, 6) is -4.14. The van der Waals surface area contributed by atoms with Crippen molar-refractivity contribution in [2.24, 2.45) is 11.8 Å². The Morgan fingerprint density at radius 3 is 2.08 bits per heavy atom. The first-order valence-electron chi connectivity index (χ1n) is 8.37. The van der Waals surface area contributed by atoms with E-state index in [2.05, 4.69) is 5.32 Å². The molecule has 0 aromatic rings. The molecule has 0 bridgehead atoms. The van der Waals surface area contributed by atoms with Crippen LogP contribution in [-0.4, -0.2) is 66.7 Å². The first kappa shape index (κ1) is 18.6. The van der Waals surface area contributed by atoms with E-state index < -0.39 is 17.8 Å². The summed E-state index contributed by atoms with van der Waals surface area (Å²) in [5, 5.41) is 2.56. The Hall–Kier alpha value is -1.73. The normalized spacial score (nSPS) is 25.1. The summed E-state index contributed by atoms with van der Waals surface area (Å²) in [6.07, 6.45) is -0.196. The van der Waals surface area contributed by atoms with Crippen LogP contribution in [0.4, 0.5) is 8.78 Å². The van der Waals surface area contributed by atoms with Gasteiger partial charge in [-0.15, -0.1) is 0 Å². The molecule has 0 radical (unpaired) electrons. The molecule has 1 saturated heterocycles. The van der Waals surface area contributed by atoms with Gasteiger partial charge in [-0.3, -0.25) is 14.4 Å². The van der Waals surface area contributed by atoms with E-state index in [1.54, 1.807) is 9.80 Å². The van der Waals surface area contributed by atoms with Crippen LogP contribution in [0.5, 0.6) is 0 Å². The molecular formula is C16H25F2N3O3. The van der Waals surface area contributed by atoms with E-state index in [1.165, 1.54) is 14.0 Å². The number of rotatable bonds is 2. The molecule has 3 amide bonds. The summed E-state index contributed by atoms with van der Waals surface area (Å²) in [6.45, 7) is 2.61. The maximum atomic E-state index is 13.3. The number of carbonyl (C=O) groups excluding carboxylic acids is 3. The smallest absolute Gasteiger partial charge is 0.248 e. The SMILES string of the molecule is CNC(=O)C1CN(C(C)=O)CCN(C(=O)C2CCC(F)(F)CC2)C1. The van der Waals surface area contributed by atoms with E-state index in [4.69, 9.17) is 0 Å². The Morgan fingerprint density at radius 1 is 1.00 bits per heavy atom. The fraction of sp³-hybridized carbons (Fsp3) is 0.812. The van der Waals surface area contributed by atoms with Crippen molar-refractivity contribution in [3.8, 4) is 0 Å². The van der Waals surface area contributed by atoms with Crippen molar-refractivity contribution in [3.63, 3.8) is 0 Å². The van der Waals surface area contributed by atoms with Crippen molar-refractivity contribution in [2.75, 3.05) is 33.2 Å². The van der Waals surface area contributed by atoms with E-state index in [1.807, 2.05) is 0 Å². The highest BCUT2D eigenvalue weighted by molar-refractivity contribution is 5.83. The Morgan fingerprint density at radius 2 is 1.54 bits per heavy atom. The molecule has 0 spiro atoms. The molecule has 2 fully saturated rings. The highest BCUT2D eigenvalue weighted by atomic mass is 19.3. The Kier molecular flexibility index (Phi) is 5.77. The average molecular weight is 345 g/mol. The molecule has 24 heavy (non-hydrogen) atoms. The summed E-state index contributed by atoms with van der Waals surface area (Å²) in [4.78, 5) is 39.5. The lowest BCUT2D eigenvalue weighted by atomic mass is 9.85. The number of hydrogen-bond donors (Lipinski definition) is 1. The molecular weight excluding hydrogens is 320 g/mol. The first-order valence-corrected chi connectivity index (χ1v) is 8.37. The summed E-state index contributed by atoms with van der Waals surface area (Å²) in [7, 11) is 1.51. The van der Waals surface area contributed by atoms with E-state index in [-0.39, 0.29) is 56.5 Å². The Labute approximate surface area is 140 Å². The van der Waals surface area contributed by atoms with Crippen molar-refractivity contribution in [3.05, 3.63) is 0 Å². The third kappa shape index (κ3) is 4.42. The lowest BCUT2D eigenvalue weighted by Crippen LogP contribution is -2.44. The van der Waals surface area contributed by atoms with Gasteiger partial charge in [0.2, 0.25) is 23.6 Å².